The Kier molecular flexibility index (Phi) is 13.5. The number of amides is 1. The first-order valence-corrected chi connectivity index (χ1v) is 18.2. The van der Waals surface area contributed by atoms with E-state index in [1.165, 1.54) is 30.3 Å². The summed E-state index contributed by atoms with van der Waals surface area (Å²) < 4.78 is 47.0. The molecular weight excluding hydrogens is 654 g/mol. The third-order valence-corrected chi connectivity index (χ3v) is 10.2. The molecule has 0 spiro atoms. The van der Waals surface area contributed by atoms with Crippen LogP contribution in [0.5, 0.6) is 11.5 Å². The van der Waals surface area contributed by atoms with Crippen molar-refractivity contribution >= 4 is 33.2 Å². The van der Waals surface area contributed by atoms with E-state index >= 15 is 0 Å². The van der Waals surface area contributed by atoms with E-state index in [0.717, 1.165) is 30.6 Å². The lowest BCUT2D eigenvalue weighted by molar-refractivity contribution is -0.0177. The fraction of sp³-hybridized carbons (Fsp3) is 0.472. The van der Waals surface area contributed by atoms with Crippen molar-refractivity contribution in [3.05, 3.63) is 82.9 Å². The number of sulfonamides is 1. The highest BCUT2D eigenvalue weighted by Crippen LogP contribution is 2.30. The third-order valence-electron chi connectivity index (χ3n) is 8.53. The second-order valence-corrected chi connectivity index (χ2v) is 14.7. The number of hydrogen-bond acceptors (Lipinski definition) is 8. The monoisotopic (exact) mass is 701 g/mol. The van der Waals surface area contributed by atoms with E-state index < -0.39 is 16.1 Å². The number of nitrogens with one attached hydrogen (secondary N) is 1. The number of rotatable bonds is 10. The van der Waals surface area contributed by atoms with Gasteiger partial charge in [-0.05, 0) is 100 Å². The molecule has 3 aromatic rings. The van der Waals surface area contributed by atoms with Crippen molar-refractivity contribution in [2.24, 2.45) is 5.92 Å². The first-order chi connectivity index (χ1) is 22.9. The van der Waals surface area contributed by atoms with E-state index in [4.69, 9.17) is 25.8 Å². The summed E-state index contributed by atoms with van der Waals surface area (Å²) in [5.41, 5.74) is 1.56. The standard InChI is InChI=1S/C36H48ClN3O7S/c1-25-21-40(26(2)24-41)36(42)33-20-30(38-48(43,44)32-16-11-29(37)12-17-32)13-18-34(33)47-27(3)8-6-7-19-46-35(25)23-39(4)22-28-9-14-31(45-5)15-10-28/h9-18,20,25-27,35,38,41H,6-8,19,21-24H2,1-5H3/t25-,26+,27+,35+/m1/s1. The highest BCUT2D eigenvalue weighted by Gasteiger charge is 2.30. The molecule has 0 aromatic heterocycles. The molecular formula is C36H48ClN3O7S. The van der Waals surface area contributed by atoms with Crippen molar-refractivity contribution in [3.63, 3.8) is 0 Å². The number of carbonyl (C=O) groups is 1. The summed E-state index contributed by atoms with van der Waals surface area (Å²) in [5.74, 6) is 0.688. The van der Waals surface area contributed by atoms with E-state index in [9.17, 15) is 18.3 Å². The quantitative estimate of drug-likeness (QED) is 0.262. The molecule has 1 heterocycles. The second kappa shape index (κ2) is 17.3. The molecule has 4 rings (SSSR count). The second-order valence-electron chi connectivity index (χ2n) is 12.6. The molecule has 10 nitrogen and oxygen atoms in total. The molecule has 12 heteroatoms. The molecule has 0 aliphatic carbocycles. The number of benzene rings is 3. The van der Waals surface area contributed by atoms with Crippen LogP contribution in [0.2, 0.25) is 5.02 Å². The lowest BCUT2D eigenvalue weighted by Gasteiger charge is -2.36. The molecule has 0 bridgehead atoms. The summed E-state index contributed by atoms with van der Waals surface area (Å²) >= 11 is 5.96. The Morgan fingerprint density at radius 3 is 2.46 bits per heavy atom. The number of halogens is 1. The van der Waals surface area contributed by atoms with Crippen molar-refractivity contribution < 1.29 is 32.5 Å². The van der Waals surface area contributed by atoms with Gasteiger partial charge in [-0.3, -0.25) is 14.4 Å². The van der Waals surface area contributed by atoms with Crippen LogP contribution in [-0.2, 0) is 21.3 Å². The molecule has 48 heavy (non-hydrogen) atoms. The van der Waals surface area contributed by atoms with E-state index in [-0.39, 0.29) is 46.8 Å². The molecule has 0 saturated carbocycles. The Morgan fingerprint density at radius 1 is 1.08 bits per heavy atom. The third kappa shape index (κ3) is 10.3. The molecule has 1 aliphatic heterocycles. The zero-order valence-electron chi connectivity index (χ0n) is 28.4. The zero-order valence-corrected chi connectivity index (χ0v) is 30.0. The highest BCUT2D eigenvalue weighted by molar-refractivity contribution is 7.92. The number of methoxy groups -OCH3 is 1. The average Bonchev–Trinajstić information content (AvgIpc) is 3.06. The Morgan fingerprint density at radius 2 is 1.79 bits per heavy atom. The topological polar surface area (TPSA) is 118 Å². The first-order valence-electron chi connectivity index (χ1n) is 16.3. The lowest BCUT2D eigenvalue weighted by Crippen LogP contribution is -2.47. The van der Waals surface area contributed by atoms with Gasteiger partial charge in [0.2, 0.25) is 0 Å². The Labute approximate surface area is 290 Å². The maximum Gasteiger partial charge on any atom is 0.261 e. The maximum atomic E-state index is 14.4. The van der Waals surface area contributed by atoms with E-state index in [2.05, 4.69) is 16.5 Å². The van der Waals surface area contributed by atoms with Crippen LogP contribution in [0, 0.1) is 5.92 Å². The van der Waals surface area contributed by atoms with Gasteiger partial charge in [-0.2, -0.15) is 0 Å². The predicted molar refractivity (Wildman–Crippen MR) is 188 cm³/mol. The van der Waals surface area contributed by atoms with Crippen LogP contribution in [0.3, 0.4) is 0 Å². The fourth-order valence-electron chi connectivity index (χ4n) is 5.69. The van der Waals surface area contributed by atoms with Gasteiger partial charge in [0, 0.05) is 42.9 Å². The molecule has 4 atom stereocenters. The van der Waals surface area contributed by atoms with Gasteiger partial charge in [0.15, 0.2) is 0 Å². The van der Waals surface area contributed by atoms with Crippen molar-refractivity contribution in [2.45, 2.75) is 69.7 Å². The van der Waals surface area contributed by atoms with Crippen LogP contribution in [-0.4, -0.2) is 87.9 Å². The number of fused-ring (bicyclic) bond motifs is 1. The van der Waals surface area contributed by atoms with Crippen LogP contribution in [0.1, 0.15) is 56.0 Å². The molecule has 262 valence electrons. The van der Waals surface area contributed by atoms with E-state index in [1.807, 2.05) is 38.2 Å². The summed E-state index contributed by atoms with van der Waals surface area (Å²) in [6, 6.07) is 18.0. The lowest BCUT2D eigenvalue weighted by atomic mass is 10.0. The fourth-order valence-corrected chi connectivity index (χ4v) is 6.87. The molecule has 3 aromatic carbocycles. The van der Waals surface area contributed by atoms with Gasteiger partial charge in [0.1, 0.15) is 11.5 Å². The van der Waals surface area contributed by atoms with Crippen molar-refractivity contribution in [1.29, 1.82) is 0 Å². The van der Waals surface area contributed by atoms with Gasteiger partial charge >= 0.3 is 0 Å². The normalized spacial score (nSPS) is 20.4. The molecule has 1 aliphatic rings. The number of aliphatic hydroxyl groups excluding tert-OH is 1. The molecule has 0 unspecified atom stereocenters. The Balaban J connectivity index is 1.62. The molecule has 1 amide bonds. The minimum Gasteiger partial charge on any atom is -0.497 e. The van der Waals surface area contributed by atoms with Gasteiger partial charge < -0.3 is 24.2 Å². The highest BCUT2D eigenvalue weighted by atomic mass is 35.5. The Bertz CT molecular complexity index is 1590. The van der Waals surface area contributed by atoms with Crippen LogP contribution >= 0.6 is 11.6 Å². The number of aliphatic hydroxyl groups is 1. The number of hydrogen-bond donors (Lipinski definition) is 2. The molecule has 0 saturated heterocycles. The van der Waals surface area contributed by atoms with Gasteiger partial charge in [0.25, 0.3) is 15.9 Å². The van der Waals surface area contributed by atoms with Crippen LogP contribution in [0.15, 0.2) is 71.6 Å². The number of likely N-dealkylation sites (N-methyl/N-ethyl adjacent to an activating group) is 1. The van der Waals surface area contributed by atoms with Crippen molar-refractivity contribution in [1.82, 2.24) is 9.80 Å². The summed E-state index contributed by atoms with van der Waals surface area (Å²) in [6.45, 7) is 7.77. The smallest absolute Gasteiger partial charge is 0.261 e. The molecule has 0 fully saturated rings. The Hall–Kier alpha value is -3.35. The van der Waals surface area contributed by atoms with Crippen molar-refractivity contribution in [3.8, 4) is 11.5 Å². The van der Waals surface area contributed by atoms with E-state index in [0.29, 0.717) is 37.0 Å². The number of nitrogens with zero attached hydrogens (tertiary/aromatic N) is 2. The maximum absolute atomic E-state index is 14.4. The van der Waals surface area contributed by atoms with Gasteiger partial charge in [0.05, 0.1) is 42.4 Å². The summed E-state index contributed by atoms with van der Waals surface area (Å²) in [4.78, 5) is 18.3. The first kappa shape index (κ1) is 37.5. The van der Waals surface area contributed by atoms with Gasteiger partial charge in [-0.1, -0.05) is 30.7 Å². The minimum atomic E-state index is -3.96. The molecule has 0 radical (unpaired) electrons. The largest absolute Gasteiger partial charge is 0.497 e. The van der Waals surface area contributed by atoms with Crippen LogP contribution in [0.25, 0.3) is 0 Å². The number of carbonyl (C=O) groups excluding carboxylic acids is 1. The SMILES string of the molecule is COc1ccc(CN(C)C[C@@H]2OCCCC[C@H](C)Oc3ccc(NS(=O)(=O)c4ccc(Cl)cc4)cc3C(=O)N([C@@H](C)CO)C[C@H]2C)cc1. The van der Waals surface area contributed by atoms with Crippen LogP contribution < -0.4 is 14.2 Å². The zero-order chi connectivity index (χ0) is 34.8. The number of anilines is 1. The van der Waals surface area contributed by atoms with Gasteiger partial charge in [-0.15, -0.1) is 0 Å². The predicted octanol–water partition coefficient (Wildman–Crippen LogP) is 6.08. The summed E-state index contributed by atoms with van der Waals surface area (Å²) in [6.07, 6.45) is 2.08. The average molecular weight is 702 g/mol. The number of ether oxygens (including phenoxy) is 3. The summed E-state index contributed by atoms with van der Waals surface area (Å²) in [5, 5.41) is 10.7. The molecule has 2 N–H and O–H groups in total. The van der Waals surface area contributed by atoms with Crippen LogP contribution in [0.4, 0.5) is 5.69 Å². The van der Waals surface area contributed by atoms with E-state index in [1.54, 1.807) is 31.1 Å². The summed E-state index contributed by atoms with van der Waals surface area (Å²) in [7, 11) is -0.268. The van der Waals surface area contributed by atoms with Crippen molar-refractivity contribution in [2.75, 3.05) is 45.2 Å². The van der Waals surface area contributed by atoms with Gasteiger partial charge in [-0.25, -0.2) is 8.42 Å². The minimum absolute atomic E-state index is 0.0375.